The molecule has 0 aliphatic carbocycles. The Morgan fingerprint density at radius 1 is 0.577 bits per heavy atom. The molecule has 8 aromatic heterocycles. The average Bonchev–Trinajstić information content (AvgIpc) is 1.40. The number of fused-ring (bicyclic) bond motifs is 4. The summed E-state index contributed by atoms with van der Waals surface area (Å²) in [6.45, 7) is 9.84. The first kappa shape index (κ1) is 88.9. The number of anilines is 8. The number of rotatable bonds is 25. The fourth-order valence-electron chi connectivity index (χ4n) is 15.5. The highest BCUT2D eigenvalue weighted by Crippen LogP contribution is 2.37. The van der Waals surface area contributed by atoms with E-state index in [-0.39, 0.29) is 36.6 Å². The molecule has 1 amide bonds. The lowest BCUT2D eigenvalue weighted by Gasteiger charge is -2.30. The van der Waals surface area contributed by atoms with E-state index in [2.05, 4.69) is 171 Å². The smallest absolute Gasteiger partial charge is 0.227 e. The Labute approximate surface area is 758 Å². The molecule has 3 aliphatic rings. The number of likely N-dealkylation sites (tertiary alicyclic amines) is 2. The fourth-order valence-corrected chi connectivity index (χ4v) is 15.9. The molecule has 660 valence electrons. The van der Waals surface area contributed by atoms with Crippen molar-refractivity contribution >= 4 is 112 Å². The number of carbonyl (C=O) groups excluding carboxylic acids is 1. The standard InChI is InChI=1S/C26H26N6O.C25H23N5O4.C24H25BrN6O.C23H23FN6O/c1-3-18-6-7-25-21(9-18)13-27-26(30-25)29-23-11-19(15-32-8-4-5-24(33)17-32)10-20(12-23)22-14-28-31(2)16-22;1-3-17-4-5-22-19(12-17)16-28-25(30-22)29-20-13-18(24-27-8-11-34-24)14-21(15-20)33-10-7-26-23(31)6-9-32-2;1-30-14-19(12-27-30)17-7-16(13-31-6-2-3-22(32)15-31)8-21(10-17)28-24-26-11-18-9-20(25)4-5-23(18)29-24;1-14-12-26-22(28-14)19-9-15-13-27-23(29-17-4-2-3-16(24)10-17)30-20(15)11-21(19)31-18-5-7-25-8-6-18/h1,6-7,9-14,16,24,33H,4-5,8,15,17H2,2H3,(H,27,29,30);1,4-5,8,11-16H,6-7,9-10H2,2H3,(H,26,31)(H,28,29,30);4-5,7-12,14,22,32H,2-3,6,13,15H2,1H3,(H,26,28,29);2-4,9-13,18,25H,5-8H2,1H3,(H,26,28)(H,27,29,30). The van der Waals surface area contributed by atoms with Crippen LogP contribution in [-0.2, 0) is 36.7 Å². The zero-order valence-electron chi connectivity index (χ0n) is 72.2. The van der Waals surface area contributed by atoms with E-state index in [4.69, 9.17) is 31.5 Å². The molecule has 11 heterocycles. The SMILES string of the molecule is C#Cc1ccc2nc(Nc3cc(CN4CCCC(O)C4)cc(-c4cnn(C)c4)c3)ncc2c1.C#Cc1ccc2nc(Nc3cc(OCCNC(=O)CCOC)cc(-c4ncco4)c3)ncc2c1.Cc1cnc(-c2cc3cnc(Nc4cccc(F)c4)nc3cc2OC2CCNCC2)[nH]1.Cn1cc(-c2cc(CN3CCCC(O)C3)cc(Nc3ncc4cc(Br)ccc4n3)c2)cn1. The van der Waals surface area contributed by atoms with Crippen LogP contribution < -0.4 is 41.4 Å². The summed E-state index contributed by atoms with van der Waals surface area (Å²) in [7, 11) is 5.39. The number of aliphatic hydroxyl groups excluding tert-OH is 2. The summed E-state index contributed by atoms with van der Waals surface area (Å²) in [5.41, 5.74) is 17.1. The van der Waals surface area contributed by atoms with E-state index >= 15 is 0 Å². The van der Waals surface area contributed by atoms with Gasteiger partial charge in [-0.3, -0.25) is 24.0 Å². The van der Waals surface area contributed by atoms with Gasteiger partial charge in [0, 0.05) is 192 Å². The lowest BCUT2D eigenvalue weighted by molar-refractivity contribution is -0.122. The number of β-amino-alcohol motifs (C(OH)–C–C–N with tert-alkyl or cyclic N) is 2. The molecule has 8 aromatic carbocycles. The van der Waals surface area contributed by atoms with Gasteiger partial charge in [-0.05, 0) is 221 Å². The highest BCUT2D eigenvalue weighted by atomic mass is 79.9. The molecule has 0 bridgehead atoms. The molecule has 30 nitrogen and oxygen atoms in total. The van der Waals surface area contributed by atoms with Gasteiger partial charge in [-0.25, -0.2) is 54.2 Å². The van der Waals surface area contributed by atoms with Crippen molar-refractivity contribution < 1.29 is 38.0 Å². The topological polar surface area (TPSA) is 357 Å². The van der Waals surface area contributed by atoms with Gasteiger partial charge in [0.2, 0.25) is 35.6 Å². The van der Waals surface area contributed by atoms with Crippen LogP contribution in [0.3, 0.4) is 0 Å². The zero-order valence-corrected chi connectivity index (χ0v) is 73.8. The van der Waals surface area contributed by atoms with E-state index < -0.39 is 0 Å². The molecule has 0 radical (unpaired) electrons. The van der Waals surface area contributed by atoms with Crippen LogP contribution in [0.5, 0.6) is 11.5 Å². The number of H-pyrrole nitrogens is 1. The number of benzene rings is 8. The van der Waals surface area contributed by atoms with Crippen LogP contribution in [0, 0.1) is 37.4 Å². The number of ether oxygens (including phenoxy) is 3. The minimum Gasteiger partial charge on any atom is -0.492 e. The van der Waals surface area contributed by atoms with Crippen LogP contribution in [0.1, 0.15) is 72.9 Å². The maximum Gasteiger partial charge on any atom is 0.227 e. The number of halogens is 2. The van der Waals surface area contributed by atoms with Gasteiger partial charge in [0.1, 0.15) is 42.1 Å². The summed E-state index contributed by atoms with van der Waals surface area (Å²) in [6.07, 6.45) is 36.3. The molecule has 130 heavy (non-hydrogen) atoms. The van der Waals surface area contributed by atoms with Gasteiger partial charge in [0.15, 0.2) is 0 Å². The monoisotopic (exact) mass is 1810 g/mol. The Kier molecular flexibility index (Phi) is 29.0. The number of amides is 1. The Balaban J connectivity index is 0.000000127. The predicted octanol–water partition coefficient (Wildman–Crippen LogP) is 16.1. The number of hydrogen-bond donors (Lipinski definition) is 9. The third-order valence-electron chi connectivity index (χ3n) is 21.8. The molecule has 32 heteroatoms. The first-order valence-corrected chi connectivity index (χ1v) is 43.6. The number of aromatic amines is 1. The third kappa shape index (κ3) is 24.2. The van der Waals surface area contributed by atoms with Gasteiger partial charge >= 0.3 is 0 Å². The summed E-state index contributed by atoms with van der Waals surface area (Å²) in [4.78, 5) is 64.6. The molecule has 2 unspecified atom stereocenters. The lowest BCUT2D eigenvalue weighted by atomic mass is 10.0. The largest absolute Gasteiger partial charge is 0.492 e. The Hall–Kier alpha value is -14.5. The van der Waals surface area contributed by atoms with Crippen LogP contribution in [0.15, 0.2) is 223 Å². The van der Waals surface area contributed by atoms with E-state index in [0.29, 0.717) is 85.0 Å². The number of aromatic nitrogens is 15. The molecule has 3 fully saturated rings. The number of nitrogens with one attached hydrogen (secondary N) is 7. The van der Waals surface area contributed by atoms with Gasteiger partial charge in [0.25, 0.3) is 0 Å². The molecule has 9 N–H and O–H groups in total. The maximum atomic E-state index is 13.5. The summed E-state index contributed by atoms with van der Waals surface area (Å²) in [5, 5.41) is 51.6. The van der Waals surface area contributed by atoms with E-state index in [1.807, 2.05) is 137 Å². The maximum absolute atomic E-state index is 13.5. The van der Waals surface area contributed by atoms with Crippen LogP contribution in [0.4, 0.5) is 50.9 Å². The van der Waals surface area contributed by atoms with Crippen molar-refractivity contribution in [1.82, 2.24) is 94.8 Å². The molecule has 2 atom stereocenters. The molecule has 0 spiro atoms. The van der Waals surface area contributed by atoms with E-state index in [1.165, 1.54) is 24.0 Å². The molecule has 0 saturated carbocycles. The normalized spacial score (nSPS) is 14.7. The third-order valence-corrected chi connectivity index (χ3v) is 22.2. The minimum absolute atomic E-state index is 0.0934. The highest BCUT2D eigenvalue weighted by Gasteiger charge is 2.24. The Morgan fingerprint density at radius 3 is 1.65 bits per heavy atom. The first-order valence-electron chi connectivity index (χ1n) is 42.8. The summed E-state index contributed by atoms with van der Waals surface area (Å²) >= 11 is 3.49. The number of nitrogens with zero attached hydrogens (tertiary/aromatic N) is 16. The highest BCUT2D eigenvalue weighted by molar-refractivity contribution is 9.10. The van der Waals surface area contributed by atoms with Gasteiger partial charge in [-0.15, -0.1) is 12.8 Å². The summed E-state index contributed by atoms with van der Waals surface area (Å²) in [5.74, 6) is 9.25. The first-order chi connectivity index (χ1) is 63.3. The van der Waals surface area contributed by atoms with Gasteiger partial charge in [-0.1, -0.05) is 33.8 Å². The number of terminal acetylenes is 2. The number of hydrogen-bond acceptors (Lipinski definition) is 26. The van der Waals surface area contributed by atoms with Crippen molar-refractivity contribution in [2.45, 2.75) is 83.3 Å². The fraction of sp³-hybridized carbons (Fsp3) is 0.255. The second kappa shape index (κ2) is 42.4. The molecule has 19 rings (SSSR count). The molecular formula is C98H97BrFN23O7. The second-order valence-corrected chi connectivity index (χ2v) is 32.9. The van der Waals surface area contributed by atoms with Gasteiger partial charge in [0.05, 0.1) is 71.6 Å². The Morgan fingerprint density at radius 2 is 1.12 bits per heavy atom. The molecule has 3 saturated heterocycles. The van der Waals surface area contributed by atoms with Gasteiger partial charge < -0.3 is 65.7 Å². The van der Waals surface area contributed by atoms with E-state index in [1.54, 1.807) is 59.6 Å². The van der Waals surface area contributed by atoms with Crippen molar-refractivity contribution in [1.29, 1.82) is 0 Å². The van der Waals surface area contributed by atoms with Crippen molar-refractivity contribution in [3.8, 4) is 81.3 Å². The lowest BCUT2D eigenvalue weighted by Crippen LogP contribution is -2.37. The average molecular weight is 1810 g/mol. The quantitative estimate of drug-likeness (QED) is 0.0190. The second-order valence-electron chi connectivity index (χ2n) is 31.9. The van der Waals surface area contributed by atoms with Crippen molar-refractivity contribution in [3.05, 3.63) is 252 Å². The number of oxazole rings is 1. The number of aryl methyl sites for hydroxylation is 3. The zero-order chi connectivity index (χ0) is 89.8. The number of aliphatic hydroxyl groups is 2. The number of imidazole rings is 1. The minimum atomic E-state index is -0.318. The van der Waals surface area contributed by atoms with Crippen molar-refractivity contribution in [2.24, 2.45) is 14.1 Å². The van der Waals surface area contributed by atoms with Crippen LogP contribution in [0.25, 0.3) is 88.7 Å². The molecular weight excluding hydrogens is 1710 g/mol. The Bertz CT molecular complexity index is 6730. The summed E-state index contributed by atoms with van der Waals surface area (Å²) in [6, 6.07) is 45.7. The number of piperidine rings is 3. The van der Waals surface area contributed by atoms with Gasteiger partial charge in [-0.2, -0.15) is 10.2 Å². The van der Waals surface area contributed by atoms with E-state index in [9.17, 15) is 19.4 Å². The van der Waals surface area contributed by atoms with Crippen LogP contribution >= 0.6 is 15.9 Å². The number of carbonyl (C=O) groups is 1. The van der Waals surface area contributed by atoms with Crippen molar-refractivity contribution in [3.63, 3.8) is 0 Å². The molecule has 16 aromatic rings. The summed E-state index contributed by atoms with van der Waals surface area (Å²) < 4.78 is 40.7. The predicted molar refractivity (Wildman–Crippen MR) is 505 cm³/mol. The van der Waals surface area contributed by atoms with E-state index in [0.717, 1.165) is 199 Å². The van der Waals surface area contributed by atoms with Crippen LogP contribution in [-0.4, -0.2) is 185 Å². The number of methoxy groups -OCH3 is 1. The molecule has 3 aliphatic heterocycles. The van der Waals surface area contributed by atoms with Crippen molar-refractivity contribution in [2.75, 3.05) is 87.4 Å². The van der Waals surface area contributed by atoms with Crippen LogP contribution in [0.2, 0.25) is 0 Å².